The van der Waals surface area contributed by atoms with Gasteiger partial charge in [-0.3, -0.25) is 9.59 Å². The Hall–Kier alpha value is -3.69. The van der Waals surface area contributed by atoms with Crippen LogP contribution in [0.1, 0.15) is 76.5 Å². The van der Waals surface area contributed by atoms with Gasteiger partial charge in [-0.05, 0) is 45.7 Å². The largest absolute Gasteiger partial charge is 0.444 e. The van der Waals surface area contributed by atoms with E-state index < -0.39 is 23.4 Å². The van der Waals surface area contributed by atoms with Crippen molar-refractivity contribution in [2.45, 2.75) is 45.1 Å². The van der Waals surface area contributed by atoms with Crippen molar-refractivity contribution in [3.05, 3.63) is 52.9 Å². The summed E-state index contributed by atoms with van der Waals surface area (Å²) in [6.07, 6.45) is 0.887. The normalized spacial score (nSPS) is 16.8. The Labute approximate surface area is 184 Å². The summed E-state index contributed by atoms with van der Waals surface area (Å²) in [5.74, 6) is -2.66. The number of carbonyl (C=O) groups is 4. The van der Waals surface area contributed by atoms with Crippen LogP contribution in [0, 0.1) is 0 Å². The maximum Gasteiger partial charge on any atom is 0.410 e. The Bertz CT molecular complexity index is 1040. The van der Waals surface area contributed by atoms with Gasteiger partial charge < -0.3 is 19.0 Å². The van der Waals surface area contributed by atoms with E-state index in [-0.39, 0.29) is 28.9 Å². The number of hydrogen-bond donors (Lipinski definition) is 0. The molecule has 168 valence electrons. The molecular formula is C22H23N3O7. The number of nitrogens with zero attached hydrogens (tertiary/aromatic N) is 3. The first kappa shape index (κ1) is 21.5. The number of piperidine rings is 1. The minimum atomic E-state index is -0.996. The van der Waals surface area contributed by atoms with Crippen LogP contribution in [0.15, 0.2) is 34.9 Å². The number of likely N-dealkylation sites (tertiary alicyclic amines) is 1. The number of carbonyl (C=O) groups excluding carboxylic acids is 4. The molecule has 0 aliphatic carbocycles. The van der Waals surface area contributed by atoms with E-state index >= 15 is 0 Å². The van der Waals surface area contributed by atoms with Gasteiger partial charge in [0.05, 0.1) is 16.8 Å². The smallest absolute Gasteiger partial charge is 0.410 e. The van der Waals surface area contributed by atoms with Crippen LogP contribution in [0.2, 0.25) is 0 Å². The average molecular weight is 441 g/mol. The maximum atomic E-state index is 12.4. The average Bonchev–Trinajstić information content (AvgIpc) is 3.33. The zero-order valence-electron chi connectivity index (χ0n) is 18.0. The summed E-state index contributed by atoms with van der Waals surface area (Å²) >= 11 is 0. The number of rotatable bonds is 3. The van der Waals surface area contributed by atoms with Gasteiger partial charge in [-0.1, -0.05) is 22.4 Å². The summed E-state index contributed by atoms with van der Waals surface area (Å²) in [4.78, 5) is 55.9. The van der Waals surface area contributed by atoms with Gasteiger partial charge in [0.25, 0.3) is 11.8 Å². The van der Waals surface area contributed by atoms with Crippen LogP contribution in [-0.4, -0.2) is 57.7 Å². The number of aromatic nitrogens is 1. The summed E-state index contributed by atoms with van der Waals surface area (Å²) < 4.78 is 10.5. The predicted octanol–water partition coefficient (Wildman–Crippen LogP) is 3.16. The van der Waals surface area contributed by atoms with Gasteiger partial charge >= 0.3 is 12.1 Å². The minimum Gasteiger partial charge on any atom is -0.444 e. The van der Waals surface area contributed by atoms with Gasteiger partial charge in [0.1, 0.15) is 5.60 Å². The van der Waals surface area contributed by atoms with Crippen LogP contribution >= 0.6 is 0 Å². The van der Waals surface area contributed by atoms with Gasteiger partial charge in [0, 0.05) is 25.1 Å². The first-order valence-electron chi connectivity index (χ1n) is 10.3. The monoisotopic (exact) mass is 441 g/mol. The number of amides is 3. The van der Waals surface area contributed by atoms with Crippen molar-refractivity contribution in [3.8, 4) is 0 Å². The van der Waals surface area contributed by atoms with Crippen molar-refractivity contribution < 1.29 is 33.3 Å². The van der Waals surface area contributed by atoms with Gasteiger partial charge in [-0.2, -0.15) is 0 Å². The number of fused-ring (bicyclic) bond motifs is 1. The van der Waals surface area contributed by atoms with Crippen LogP contribution in [0.3, 0.4) is 0 Å². The molecule has 2 aromatic rings. The highest BCUT2D eigenvalue weighted by atomic mass is 16.7. The summed E-state index contributed by atoms with van der Waals surface area (Å²) in [6.45, 7) is 6.42. The molecule has 0 spiro atoms. The predicted molar refractivity (Wildman–Crippen MR) is 109 cm³/mol. The van der Waals surface area contributed by atoms with Crippen LogP contribution in [-0.2, 0) is 9.57 Å². The van der Waals surface area contributed by atoms with Crippen LogP contribution in [0.25, 0.3) is 0 Å². The SMILES string of the molecule is CC(C)(C)OC(=O)N1CCC(c2cc(C(=O)ON3C(=O)c4ccccc4C3=O)on2)CC1. The second-order valence-electron chi connectivity index (χ2n) is 8.69. The summed E-state index contributed by atoms with van der Waals surface area (Å²) in [6, 6.07) is 7.64. The molecule has 0 unspecified atom stereocenters. The molecule has 0 N–H and O–H groups in total. The van der Waals surface area contributed by atoms with E-state index in [1.807, 2.05) is 20.8 Å². The van der Waals surface area contributed by atoms with E-state index in [0.29, 0.717) is 36.7 Å². The van der Waals surface area contributed by atoms with Crippen molar-refractivity contribution >= 4 is 23.9 Å². The lowest BCUT2D eigenvalue weighted by atomic mass is 9.93. The van der Waals surface area contributed by atoms with Gasteiger partial charge in [0.2, 0.25) is 5.76 Å². The zero-order valence-corrected chi connectivity index (χ0v) is 18.0. The third-order valence-corrected chi connectivity index (χ3v) is 5.23. The van der Waals surface area contributed by atoms with Crippen LogP contribution in [0.5, 0.6) is 0 Å². The zero-order chi connectivity index (χ0) is 23.0. The van der Waals surface area contributed by atoms with E-state index in [1.54, 1.807) is 17.0 Å². The molecule has 1 fully saturated rings. The summed E-state index contributed by atoms with van der Waals surface area (Å²) in [7, 11) is 0. The highest BCUT2D eigenvalue weighted by molar-refractivity contribution is 6.21. The molecule has 10 nitrogen and oxygen atoms in total. The molecule has 0 radical (unpaired) electrons. The van der Waals surface area contributed by atoms with Crippen molar-refractivity contribution in [2.24, 2.45) is 0 Å². The molecule has 32 heavy (non-hydrogen) atoms. The lowest BCUT2D eigenvalue weighted by Gasteiger charge is -2.32. The Balaban J connectivity index is 1.36. The van der Waals surface area contributed by atoms with Crippen molar-refractivity contribution in [1.82, 2.24) is 15.1 Å². The number of ether oxygens (including phenoxy) is 1. The topological polar surface area (TPSA) is 119 Å². The number of imide groups is 1. The fourth-order valence-electron chi connectivity index (χ4n) is 3.64. The second kappa shape index (κ2) is 8.10. The molecule has 2 aliphatic rings. The standard InChI is InChI=1S/C22H23N3O7/c1-22(2,3)30-21(29)24-10-8-13(9-11-24)16-12-17(31-23-16)20(28)32-25-18(26)14-6-4-5-7-15(14)19(25)27/h4-7,12-13H,8-11H2,1-3H3. The molecule has 2 aliphatic heterocycles. The quantitative estimate of drug-likeness (QED) is 0.667. The molecule has 1 saturated heterocycles. The number of benzene rings is 1. The maximum absolute atomic E-state index is 12.4. The van der Waals surface area contributed by atoms with Crippen molar-refractivity contribution in [2.75, 3.05) is 13.1 Å². The fourth-order valence-corrected chi connectivity index (χ4v) is 3.64. The first-order chi connectivity index (χ1) is 15.1. The molecule has 3 heterocycles. The molecular weight excluding hydrogens is 418 g/mol. The van der Waals surface area contributed by atoms with Crippen molar-refractivity contribution in [1.29, 1.82) is 0 Å². The summed E-state index contributed by atoms with van der Waals surface area (Å²) in [5.41, 5.74) is 0.318. The molecule has 1 aromatic carbocycles. The molecule has 4 rings (SSSR count). The number of hydroxylamine groups is 2. The van der Waals surface area contributed by atoms with E-state index in [2.05, 4.69) is 5.16 Å². The molecule has 0 atom stereocenters. The molecule has 10 heteroatoms. The molecule has 3 amide bonds. The Morgan fingerprint density at radius 2 is 1.66 bits per heavy atom. The van der Waals surface area contributed by atoms with Crippen LogP contribution in [0.4, 0.5) is 4.79 Å². The van der Waals surface area contributed by atoms with Crippen molar-refractivity contribution in [3.63, 3.8) is 0 Å². The molecule has 0 saturated carbocycles. The van der Waals surface area contributed by atoms with Gasteiger partial charge in [-0.15, -0.1) is 0 Å². The Morgan fingerprint density at radius 1 is 1.06 bits per heavy atom. The van der Waals surface area contributed by atoms with E-state index in [1.165, 1.54) is 18.2 Å². The fraction of sp³-hybridized carbons (Fsp3) is 0.409. The van der Waals surface area contributed by atoms with E-state index in [4.69, 9.17) is 14.1 Å². The summed E-state index contributed by atoms with van der Waals surface area (Å²) in [5, 5.41) is 4.37. The third kappa shape index (κ3) is 4.20. The minimum absolute atomic E-state index is 0.0155. The van der Waals surface area contributed by atoms with Gasteiger partial charge in [0.15, 0.2) is 0 Å². The Kier molecular flexibility index (Phi) is 5.45. The number of hydrogen-bond acceptors (Lipinski definition) is 8. The molecule has 0 bridgehead atoms. The van der Waals surface area contributed by atoms with Crippen LogP contribution < -0.4 is 0 Å². The lowest BCUT2D eigenvalue weighted by Crippen LogP contribution is -2.41. The Morgan fingerprint density at radius 3 is 2.22 bits per heavy atom. The van der Waals surface area contributed by atoms with E-state index in [0.717, 1.165) is 0 Å². The van der Waals surface area contributed by atoms with Gasteiger partial charge in [-0.25, -0.2) is 9.59 Å². The highest BCUT2D eigenvalue weighted by Gasteiger charge is 2.39. The highest BCUT2D eigenvalue weighted by Crippen LogP contribution is 2.29. The van der Waals surface area contributed by atoms with E-state index in [9.17, 15) is 19.2 Å². The first-order valence-corrected chi connectivity index (χ1v) is 10.3. The lowest BCUT2D eigenvalue weighted by molar-refractivity contribution is -0.0607. The molecule has 1 aromatic heterocycles. The second-order valence-corrected chi connectivity index (χ2v) is 8.69. The third-order valence-electron chi connectivity index (χ3n) is 5.23.